The van der Waals surface area contributed by atoms with Gasteiger partial charge in [0.05, 0.1) is 33.8 Å². The highest BCUT2D eigenvalue weighted by Crippen LogP contribution is 2.37. The van der Waals surface area contributed by atoms with Crippen molar-refractivity contribution in [2.24, 2.45) is 0 Å². The number of aromatic nitrogens is 4. The number of hydrogen-bond donors (Lipinski definition) is 0. The highest BCUT2D eigenvalue weighted by molar-refractivity contribution is 6.13. The monoisotopic (exact) mass is 564 g/mol. The van der Waals surface area contributed by atoms with E-state index in [0.717, 1.165) is 39.6 Å². The zero-order valence-electron chi connectivity index (χ0n) is 24.0. The maximum absolute atomic E-state index is 5.32. The topological polar surface area (TPSA) is 35.6 Å². The number of fused-ring (bicyclic) bond motifs is 5. The zero-order chi connectivity index (χ0) is 29.0. The van der Waals surface area contributed by atoms with Crippen LogP contribution in [0.15, 0.2) is 152 Å². The third-order valence-electron chi connectivity index (χ3n) is 8.89. The smallest absolute Gasteiger partial charge is 0.235 e. The molecule has 1 atom stereocenters. The molecular formula is C40H28N4. The molecule has 4 heteroatoms. The summed E-state index contributed by atoms with van der Waals surface area (Å²) >= 11 is 0. The number of rotatable bonds is 4. The Labute approximate surface area is 254 Å². The lowest BCUT2D eigenvalue weighted by Gasteiger charge is -2.17. The second-order valence-electron chi connectivity index (χ2n) is 11.5. The Bertz CT molecular complexity index is 2410. The summed E-state index contributed by atoms with van der Waals surface area (Å²) in [6.45, 7) is 0. The Kier molecular flexibility index (Phi) is 5.60. The quantitative estimate of drug-likeness (QED) is 0.213. The molecule has 5 aromatic carbocycles. The summed E-state index contributed by atoms with van der Waals surface area (Å²) in [6, 6.07) is 43.3. The van der Waals surface area contributed by atoms with Gasteiger partial charge >= 0.3 is 0 Å². The van der Waals surface area contributed by atoms with E-state index in [9.17, 15) is 0 Å². The largest absolute Gasteiger partial charge is 0.340 e. The molecule has 4 nitrogen and oxygen atoms in total. The molecule has 0 spiro atoms. The van der Waals surface area contributed by atoms with Crippen molar-refractivity contribution in [3.05, 3.63) is 152 Å². The van der Waals surface area contributed by atoms with Crippen LogP contribution in [0.2, 0.25) is 0 Å². The maximum atomic E-state index is 5.32. The first kappa shape index (κ1) is 24.8. The van der Waals surface area contributed by atoms with Gasteiger partial charge in [-0.2, -0.15) is 0 Å². The van der Waals surface area contributed by atoms with E-state index in [1.807, 2.05) is 6.07 Å². The first-order chi connectivity index (χ1) is 21.8. The van der Waals surface area contributed by atoms with E-state index in [0.29, 0.717) is 12.0 Å². The van der Waals surface area contributed by atoms with E-state index < -0.39 is 0 Å². The molecule has 44 heavy (non-hydrogen) atoms. The summed E-state index contributed by atoms with van der Waals surface area (Å²) in [5, 5.41) is 4.68. The lowest BCUT2D eigenvalue weighted by atomic mass is 10.0. The van der Waals surface area contributed by atoms with Crippen molar-refractivity contribution in [3.8, 4) is 28.3 Å². The fraction of sp³-hybridized carbons (Fsp3) is 0.0500. The van der Waals surface area contributed by atoms with Crippen molar-refractivity contribution in [1.82, 2.24) is 19.1 Å². The molecule has 0 N–H and O–H groups in total. The summed E-state index contributed by atoms with van der Waals surface area (Å²) < 4.78 is 4.63. The second kappa shape index (κ2) is 9.92. The van der Waals surface area contributed by atoms with Gasteiger partial charge < -0.3 is 4.57 Å². The van der Waals surface area contributed by atoms with Gasteiger partial charge in [-0.1, -0.05) is 115 Å². The number of allylic oxidation sites excluding steroid dienone is 4. The molecule has 8 aromatic rings. The third-order valence-corrected chi connectivity index (χ3v) is 8.89. The number of benzene rings is 5. The third kappa shape index (κ3) is 3.92. The first-order valence-corrected chi connectivity index (χ1v) is 15.1. The summed E-state index contributed by atoms with van der Waals surface area (Å²) in [6.07, 6.45) is 12.0. The molecule has 1 aliphatic rings. The average molecular weight is 565 g/mol. The van der Waals surface area contributed by atoms with E-state index in [1.165, 1.54) is 32.8 Å². The van der Waals surface area contributed by atoms with Gasteiger partial charge in [0.25, 0.3) is 0 Å². The highest BCUT2D eigenvalue weighted by atomic mass is 15.2. The molecule has 0 aliphatic heterocycles. The lowest BCUT2D eigenvalue weighted by Crippen LogP contribution is -2.06. The molecule has 9 rings (SSSR count). The number of para-hydroxylation sites is 2. The van der Waals surface area contributed by atoms with Crippen molar-refractivity contribution in [2.45, 2.75) is 12.5 Å². The van der Waals surface area contributed by atoms with Crippen molar-refractivity contribution >= 4 is 43.6 Å². The fourth-order valence-corrected chi connectivity index (χ4v) is 6.73. The lowest BCUT2D eigenvalue weighted by molar-refractivity contribution is 0.629. The Balaban J connectivity index is 1.28. The van der Waals surface area contributed by atoms with Crippen molar-refractivity contribution in [1.29, 1.82) is 0 Å². The van der Waals surface area contributed by atoms with Crippen LogP contribution in [0.3, 0.4) is 0 Å². The predicted octanol–water partition coefficient (Wildman–Crippen LogP) is 10.1. The molecule has 0 saturated carbocycles. The van der Waals surface area contributed by atoms with Gasteiger partial charge in [0.2, 0.25) is 5.95 Å². The Morgan fingerprint density at radius 3 is 2.16 bits per heavy atom. The van der Waals surface area contributed by atoms with Crippen LogP contribution in [0.1, 0.15) is 12.5 Å². The second-order valence-corrected chi connectivity index (χ2v) is 11.5. The van der Waals surface area contributed by atoms with Crippen molar-refractivity contribution in [2.75, 3.05) is 0 Å². The van der Waals surface area contributed by atoms with Crippen LogP contribution < -0.4 is 0 Å². The van der Waals surface area contributed by atoms with Crippen LogP contribution in [-0.2, 0) is 0 Å². The molecule has 3 aromatic heterocycles. The van der Waals surface area contributed by atoms with E-state index in [-0.39, 0.29) is 0 Å². The maximum Gasteiger partial charge on any atom is 0.235 e. The van der Waals surface area contributed by atoms with Crippen LogP contribution >= 0.6 is 0 Å². The molecule has 0 saturated heterocycles. The minimum absolute atomic E-state index is 0.301. The van der Waals surface area contributed by atoms with Crippen molar-refractivity contribution < 1.29 is 0 Å². The standard InChI is InChI=1S/C40H28N4/c1-3-11-27(12-4-1)28-19-21-29(22-20-28)39-33-16-7-9-17-35(33)41-40(42-39)44-36-18-10-8-15-32(36)34-25-30-23-24-43(37(30)26-38(34)44)31-13-5-2-6-14-31/h1-13,15-26,31H,14H2. The average Bonchev–Trinajstić information content (AvgIpc) is 3.66. The van der Waals surface area contributed by atoms with Gasteiger partial charge in [0.1, 0.15) is 0 Å². The minimum atomic E-state index is 0.301. The van der Waals surface area contributed by atoms with Crippen LogP contribution in [0.4, 0.5) is 0 Å². The van der Waals surface area contributed by atoms with Crippen LogP contribution in [0, 0.1) is 0 Å². The molecule has 0 radical (unpaired) electrons. The number of hydrogen-bond acceptors (Lipinski definition) is 2. The van der Waals surface area contributed by atoms with E-state index in [4.69, 9.17) is 9.97 Å². The molecule has 0 bridgehead atoms. The SMILES string of the molecule is C1=CCC(n2ccc3cc4c5ccccc5n(-c5nc(-c6ccc(-c7ccccc7)cc6)c6ccccc6n5)c4cc32)C=C1. The first-order valence-electron chi connectivity index (χ1n) is 15.1. The van der Waals surface area contributed by atoms with Crippen molar-refractivity contribution in [3.63, 3.8) is 0 Å². The highest BCUT2D eigenvalue weighted by Gasteiger charge is 2.19. The van der Waals surface area contributed by atoms with Gasteiger partial charge in [-0.15, -0.1) is 0 Å². The molecule has 0 fully saturated rings. The van der Waals surface area contributed by atoms with E-state index in [2.05, 4.69) is 155 Å². The van der Waals surface area contributed by atoms with Gasteiger partial charge in [-0.05, 0) is 47.9 Å². The summed E-state index contributed by atoms with van der Waals surface area (Å²) in [5.74, 6) is 0.676. The van der Waals surface area contributed by atoms with E-state index in [1.54, 1.807) is 0 Å². The summed E-state index contributed by atoms with van der Waals surface area (Å²) in [4.78, 5) is 10.5. The number of nitrogens with zero attached hydrogens (tertiary/aromatic N) is 4. The Morgan fingerprint density at radius 1 is 0.568 bits per heavy atom. The van der Waals surface area contributed by atoms with Crippen LogP contribution in [0.25, 0.3) is 71.9 Å². The molecule has 1 aliphatic carbocycles. The molecular weight excluding hydrogens is 536 g/mol. The fourth-order valence-electron chi connectivity index (χ4n) is 6.73. The van der Waals surface area contributed by atoms with E-state index >= 15 is 0 Å². The molecule has 1 unspecified atom stereocenters. The minimum Gasteiger partial charge on any atom is -0.340 e. The summed E-state index contributed by atoms with van der Waals surface area (Å²) in [5.41, 5.74) is 8.73. The van der Waals surface area contributed by atoms with Crippen LogP contribution in [0.5, 0.6) is 0 Å². The molecule has 0 amide bonds. The Hall–Kier alpha value is -5.74. The van der Waals surface area contributed by atoms with Gasteiger partial charge in [0, 0.05) is 33.3 Å². The zero-order valence-corrected chi connectivity index (χ0v) is 24.0. The van der Waals surface area contributed by atoms with Gasteiger partial charge in [-0.3, -0.25) is 4.57 Å². The Morgan fingerprint density at radius 2 is 1.32 bits per heavy atom. The summed E-state index contributed by atoms with van der Waals surface area (Å²) in [7, 11) is 0. The van der Waals surface area contributed by atoms with Gasteiger partial charge in [-0.25, -0.2) is 9.97 Å². The van der Waals surface area contributed by atoms with Gasteiger partial charge in [0.15, 0.2) is 0 Å². The normalized spacial score (nSPS) is 14.8. The molecule has 3 heterocycles. The molecule has 208 valence electrons. The van der Waals surface area contributed by atoms with Crippen LogP contribution in [-0.4, -0.2) is 19.1 Å². The predicted molar refractivity (Wildman–Crippen MR) is 182 cm³/mol.